The number of likely N-dealkylation sites (tertiary alicyclic amines) is 1. The van der Waals surface area contributed by atoms with Gasteiger partial charge in [-0.25, -0.2) is 19.2 Å². The van der Waals surface area contributed by atoms with Gasteiger partial charge in [-0.05, 0) is 38.1 Å². The first-order valence-electron chi connectivity index (χ1n) is 8.37. The summed E-state index contributed by atoms with van der Waals surface area (Å²) >= 11 is 0. The minimum absolute atomic E-state index is 0.203. The van der Waals surface area contributed by atoms with Gasteiger partial charge in [0.25, 0.3) is 0 Å². The fraction of sp³-hybridized carbons (Fsp3) is 0.389. The highest BCUT2D eigenvalue weighted by Gasteiger charge is 2.23. The van der Waals surface area contributed by atoms with Crippen molar-refractivity contribution >= 4 is 11.8 Å². The number of aromatic carboxylic acids is 1. The Labute approximate surface area is 145 Å². The van der Waals surface area contributed by atoms with Crippen molar-refractivity contribution < 1.29 is 14.3 Å². The molecular formula is C18H21FN4O2. The lowest BCUT2D eigenvalue weighted by Crippen LogP contribution is -2.34. The SMILES string of the molecule is CCN1CCCC(c2cnc(N)c(-c3ccc(C(=O)O)c(F)c3)n2)C1. The zero-order chi connectivity index (χ0) is 18.0. The van der Waals surface area contributed by atoms with Crippen LogP contribution in [0.5, 0.6) is 0 Å². The molecule has 0 spiro atoms. The van der Waals surface area contributed by atoms with E-state index < -0.39 is 11.8 Å². The van der Waals surface area contributed by atoms with Crippen LogP contribution in [0.15, 0.2) is 24.4 Å². The summed E-state index contributed by atoms with van der Waals surface area (Å²) in [7, 11) is 0. The Kier molecular flexibility index (Phi) is 4.94. The monoisotopic (exact) mass is 344 g/mol. The molecule has 2 heterocycles. The van der Waals surface area contributed by atoms with Gasteiger partial charge in [-0.2, -0.15) is 0 Å². The third-order valence-corrected chi connectivity index (χ3v) is 4.66. The van der Waals surface area contributed by atoms with E-state index in [2.05, 4.69) is 21.8 Å². The molecule has 1 aromatic carbocycles. The first kappa shape index (κ1) is 17.3. The van der Waals surface area contributed by atoms with Gasteiger partial charge in [0.2, 0.25) is 0 Å². The molecule has 6 nitrogen and oxygen atoms in total. The van der Waals surface area contributed by atoms with Gasteiger partial charge in [-0.15, -0.1) is 0 Å². The van der Waals surface area contributed by atoms with Crippen LogP contribution in [0.4, 0.5) is 10.2 Å². The van der Waals surface area contributed by atoms with Gasteiger partial charge < -0.3 is 15.7 Å². The summed E-state index contributed by atoms with van der Waals surface area (Å²) in [5.74, 6) is -1.65. The molecule has 1 saturated heterocycles. The highest BCUT2D eigenvalue weighted by atomic mass is 19.1. The third-order valence-electron chi connectivity index (χ3n) is 4.66. The number of rotatable bonds is 4. The molecule has 3 N–H and O–H groups in total. The number of carbonyl (C=O) groups is 1. The van der Waals surface area contributed by atoms with Crippen molar-refractivity contribution in [3.63, 3.8) is 0 Å². The maximum absolute atomic E-state index is 14.0. The lowest BCUT2D eigenvalue weighted by Gasteiger charge is -2.31. The fourth-order valence-electron chi connectivity index (χ4n) is 3.24. The second-order valence-electron chi connectivity index (χ2n) is 6.26. The molecule has 0 aliphatic carbocycles. The van der Waals surface area contributed by atoms with Gasteiger partial charge in [-0.3, -0.25) is 0 Å². The van der Waals surface area contributed by atoms with Crippen molar-refractivity contribution in [3.05, 3.63) is 41.5 Å². The van der Waals surface area contributed by atoms with E-state index in [1.165, 1.54) is 12.1 Å². The van der Waals surface area contributed by atoms with Gasteiger partial charge >= 0.3 is 5.97 Å². The summed E-state index contributed by atoms with van der Waals surface area (Å²) in [6, 6.07) is 3.88. The molecule has 0 saturated carbocycles. The largest absolute Gasteiger partial charge is 0.478 e. The second kappa shape index (κ2) is 7.14. The molecule has 2 aromatic rings. The Morgan fingerprint density at radius 3 is 2.96 bits per heavy atom. The molecule has 1 aromatic heterocycles. The normalized spacial score (nSPS) is 18.2. The first-order valence-corrected chi connectivity index (χ1v) is 8.37. The van der Waals surface area contributed by atoms with Crippen LogP contribution in [0.2, 0.25) is 0 Å². The molecule has 0 amide bonds. The molecule has 3 rings (SSSR count). The summed E-state index contributed by atoms with van der Waals surface area (Å²) in [4.78, 5) is 22.2. The highest BCUT2D eigenvalue weighted by molar-refractivity contribution is 5.88. The minimum atomic E-state index is -1.31. The predicted octanol–water partition coefficient (Wildman–Crippen LogP) is 2.76. The summed E-state index contributed by atoms with van der Waals surface area (Å²) in [5, 5.41) is 8.95. The smallest absolute Gasteiger partial charge is 0.338 e. The number of aromatic nitrogens is 2. The lowest BCUT2D eigenvalue weighted by molar-refractivity contribution is 0.0692. The maximum Gasteiger partial charge on any atom is 0.338 e. The number of carboxylic acid groups (broad SMARTS) is 1. The molecule has 7 heteroatoms. The summed E-state index contributed by atoms with van der Waals surface area (Å²) in [6.45, 7) is 5.13. The predicted molar refractivity (Wildman–Crippen MR) is 92.9 cm³/mol. The lowest BCUT2D eigenvalue weighted by atomic mass is 9.94. The Balaban J connectivity index is 1.94. The van der Waals surface area contributed by atoms with Crippen molar-refractivity contribution in [1.29, 1.82) is 0 Å². The number of anilines is 1. The number of carboxylic acids is 1. The molecular weight excluding hydrogens is 323 g/mol. The highest BCUT2D eigenvalue weighted by Crippen LogP contribution is 2.29. The van der Waals surface area contributed by atoms with E-state index in [0.717, 1.165) is 44.2 Å². The molecule has 0 radical (unpaired) electrons. The molecule has 1 aliphatic heterocycles. The average Bonchev–Trinajstić information content (AvgIpc) is 2.61. The van der Waals surface area contributed by atoms with E-state index in [9.17, 15) is 9.18 Å². The zero-order valence-corrected chi connectivity index (χ0v) is 14.1. The first-order chi connectivity index (χ1) is 12.0. The molecule has 1 fully saturated rings. The minimum Gasteiger partial charge on any atom is -0.478 e. The van der Waals surface area contributed by atoms with Crippen molar-refractivity contribution in [2.45, 2.75) is 25.7 Å². The van der Waals surface area contributed by atoms with Crippen molar-refractivity contribution in [2.24, 2.45) is 0 Å². The Bertz CT molecular complexity index is 797. The Hall–Kier alpha value is -2.54. The van der Waals surface area contributed by atoms with Crippen LogP contribution < -0.4 is 5.73 Å². The molecule has 25 heavy (non-hydrogen) atoms. The van der Waals surface area contributed by atoms with Crippen LogP contribution in [0, 0.1) is 5.82 Å². The summed E-state index contributed by atoms with van der Waals surface area (Å²) in [6.07, 6.45) is 3.81. The van der Waals surface area contributed by atoms with E-state index >= 15 is 0 Å². The van der Waals surface area contributed by atoms with Gasteiger partial charge in [0, 0.05) is 18.0 Å². The summed E-state index contributed by atoms with van der Waals surface area (Å²) < 4.78 is 14.0. The Morgan fingerprint density at radius 1 is 1.48 bits per heavy atom. The van der Waals surface area contributed by atoms with E-state index in [1.54, 1.807) is 6.20 Å². The topological polar surface area (TPSA) is 92.3 Å². The van der Waals surface area contributed by atoms with Gasteiger partial charge in [0.1, 0.15) is 17.3 Å². The van der Waals surface area contributed by atoms with Gasteiger partial charge in [-0.1, -0.05) is 13.0 Å². The van der Waals surface area contributed by atoms with Crippen LogP contribution in [0.3, 0.4) is 0 Å². The standard InChI is InChI=1S/C18H21FN4O2/c1-2-23-7-3-4-12(10-23)15-9-21-17(20)16(22-15)11-5-6-13(18(24)25)14(19)8-11/h5-6,8-9,12H,2-4,7,10H2,1H3,(H2,20,21)(H,24,25). The molecule has 1 unspecified atom stereocenters. The summed E-state index contributed by atoms with van der Waals surface area (Å²) in [5.41, 5.74) is 7.21. The average molecular weight is 344 g/mol. The number of likely N-dealkylation sites (N-methyl/N-ethyl adjacent to an activating group) is 1. The number of piperidine rings is 1. The third kappa shape index (κ3) is 3.61. The molecule has 132 valence electrons. The van der Waals surface area contributed by atoms with E-state index in [-0.39, 0.29) is 17.3 Å². The van der Waals surface area contributed by atoms with Gasteiger partial charge in [0.15, 0.2) is 0 Å². The number of benzene rings is 1. The van der Waals surface area contributed by atoms with Crippen LogP contribution >= 0.6 is 0 Å². The van der Waals surface area contributed by atoms with Crippen LogP contribution in [-0.2, 0) is 0 Å². The van der Waals surface area contributed by atoms with Crippen LogP contribution in [-0.4, -0.2) is 45.6 Å². The van der Waals surface area contributed by atoms with Crippen LogP contribution in [0.1, 0.15) is 41.7 Å². The van der Waals surface area contributed by atoms with Crippen molar-refractivity contribution in [3.8, 4) is 11.3 Å². The molecule has 1 aliphatic rings. The number of hydrogen-bond acceptors (Lipinski definition) is 5. The Morgan fingerprint density at radius 2 is 2.28 bits per heavy atom. The zero-order valence-electron chi connectivity index (χ0n) is 14.1. The number of nitrogens with two attached hydrogens (primary N) is 1. The number of nitrogen functional groups attached to an aromatic ring is 1. The van der Waals surface area contributed by atoms with E-state index in [1.807, 2.05) is 0 Å². The molecule has 1 atom stereocenters. The van der Waals surface area contributed by atoms with Crippen molar-refractivity contribution in [1.82, 2.24) is 14.9 Å². The molecule has 0 bridgehead atoms. The van der Waals surface area contributed by atoms with Gasteiger partial charge in [0.05, 0.1) is 17.5 Å². The van der Waals surface area contributed by atoms with Crippen molar-refractivity contribution in [2.75, 3.05) is 25.4 Å². The maximum atomic E-state index is 14.0. The van der Waals surface area contributed by atoms with E-state index in [4.69, 9.17) is 10.8 Å². The van der Waals surface area contributed by atoms with Crippen LogP contribution in [0.25, 0.3) is 11.3 Å². The number of hydrogen-bond donors (Lipinski definition) is 2. The quantitative estimate of drug-likeness (QED) is 0.886. The fourth-order valence-corrected chi connectivity index (χ4v) is 3.24. The van der Waals surface area contributed by atoms with E-state index in [0.29, 0.717) is 11.3 Å². The second-order valence-corrected chi connectivity index (χ2v) is 6.26. The number of nitrogens with zero attached hydrogens (tertiary/aromatic N) is 3. The number of halogens is 1.